The van der Waals surface area contributed by atoms with Gasteiger partial charge in [0, 0.05) is 0 Å². The van der Waals surface area contributed by atoms with Gasteiger partial charge in [-0.05, 0) is 24.5 Å². The van der Waals surface area contributed by atoms with Crippen molar-refractivity contribution in [3.8, 4) is 5.75 Å². The Morgan fingerprint density at radius 3 is 2.78 bits per heavy atom. The molecule has 0 bridgehead atoms. The van der Waals surface area contributed by atoms with Crippen LogP contribution in [0.5, 0.6) is 5.75 Å². The third-order valence-electron chi connectivity index (χ3n) is 3.12. The minimum Gasteiger partial charge on any atom is -0.491 e. The van der Waals surface area contributed by atoms with E-state index in [1.165, 1.54) is 19.3 Å². The molecule has 0 fully saturated rings. The van der Waals surface area contributed by atoms with E-state index in [1.54, 1.807) is 0 Å². The number of benzene rings is 1. The van der Waals surface area contributed by atoms with E-state index < -0.39 is 0 Å². The molecule has 3 nitrogen and oxygen atoms in total. The first-order chi connectivity index (χ1) is 8.81. The predicted octanol–water partition coefficient (Wildman–Crippen LogP) is 3.85. The van der Waals surface area contributed by atoms with Gasteiger partial charge in [0.1, 0.15) is 5.75 Å². The van der Waals surface area contributed by atoms with Gasteiger partial charge in [0.25, 0.3) is 0 Å². The maximum Gasteiger partial charge on any atom is 0.211 e. The zero-order valence-corrected chi connectivity index (χ0v) is 11.3. The second-order valence-electron chi connectivity index (χ2n) is 4.49. The smallest absolute Gasteiger partial charge is 0.211 e. The van der Waals surface area contributed by atoms with Crippen LogP contribution in [0.3, 0.4) is 0 Å². The molecule has 1 rings (SSSR count). The molecule has 0 aliphatic rings. The first-order valence-corrected chi connectivity index (χ1v) is 6.73. The summed E-state index contributed by atoms with van der Waals surface area (Å²) in [6.45, 7) is 5.12. The quantitative estimate of drug-likeness (QED) is 0.675. The van der Waals surface area contributed by atoms with Crippen molar-refractivity contribution in [2.24, 2.45) is 5.92 Å². The summed E-state index contributed by atoms with van der Waals surface area (Å²) in [5.41, 5.74) is 0.734. The monoisotopic (exact) mass is 249 g/mol. The van der Waals surface area contributed by atoms with Crippen LogP contribution in [0.1, 0.15) is 39.5 Å². The molecule has 1 N–H and O–H groups in total. The Labute approximate surface area is 110 Å². The summed E-state index contributed by atoms with van der Waals surface area (Å²) in [7, 11) is 0. The zero-order valence-electron chi connectivity index (χ0n) is 11.3. The predicted molar refractivity (Wildman–Crippen MR) is 74.9 cm³/mol. The van der Waals surface area contributed by atoms with E-state index >= 15 is 0 Å². The van der Waals surface area contributed by atoms with Gasteiger partial charge in [-0.2, -0.15) is 0 Å². The lowest BCUT2D eigenvalue weighted by Gasteiger charge is -2.17. The largest absolute Gasteiger partial charge is 0.491 e. The minimum absolute atomic E-state index is 0.592. The third-order valence-corrected chi connectivity index (χ3v) is 3.12. The summed E-state index contributed by atoms with van der Waals surface area (Å²) >= 11 is 0. The van der Waals surface area contributed by atoms with E-state index in [0.717, 1.165) is 17.9 Å². The first-order valence-electron chi connectivity index (χ1n) is 6.73. The van der Waals surface area contributed by atoms with Gasteiger partial charge in [0.2, 0.25) is 6.41 Å². The first kappa shape index (κ1) is 14.6. The molecule has 100 valence electrons. The second kappa shape index (κ2) is 8.56. The van der Waals surface area contributed by atoms with Crippen LogP contribution in [-0.2, 0) is 4.79 Å². The molecule has 0 saturated heterocycles. The molecule has 0 aliphatic carbocycles. The topological polar surface area (TPSA) is 38.3 Å². The standard InChI is InChI=1S/C15H23NO2/c1-3-5-8-13(4-2)11-18-15-10-7-6-9-14(15)16-12-17/h6-7,9-10,12-13H,3-5,8,11H2,1-2H3,(H,16,17). The number of unbranched alkanes of at least 4 members (excludes halogenated alkanes) is 1. The summed E-state index contributed by atoms with van der Waals surface area (Å²) in [4.78, 5) is 10.5. The van der Waals surface area contributed by atoms with Crippen molar-refractivity contribution in [2.75, 3.05) is 11.9 Å². The van der Waals surface area contributed by atoms with Crippen molar-refractivity contribution in [1.82, 2.24) is 0 Å². The number of rotatable bonds is 9. The van der Waals surface area contributed by atoms with Gasteiger partial charge in [-0.25, -0.2) is 0 Å². The average molecular weight is 249 g/mol. The van der Waals surface area contributed by atoms with E-state index in [2.05, 4.69) is 19.2 Å². The van der Waals surface area contributed by atoms with Crippen LogP contribution in [0.2, 0.25) is 0 Å². The van der Waals surface area contributed by atoms with E-state index in [4.69, 9.17) is 4.74 Å². The van der Waals surface area contributed by atoms with Crippen molar-refractivity contribution in [2.45, 2.75) is 39.5 Å². The van der Waals surface area contributed by atoms with Gasteiger partial charge in [0.15, 0.2) is 0 Å². The Kier molecular flexibility index (Phi) is 6.92. The normalized spacial score (nSPS) is 11.9. The fraction of sp³-hybridized carbons (Fsp3) is 0.533. The van der Waals surface area contributed by atoms with Crippen LogP contribution in [0.25, 0.3) is 0 Å². The molecule has 0 saturated carbocycles. The molecule has 0 heterocycles. The van der Waals surface area contributed by atoms with Crippen LogP contribution in [0.15, 0.2) is 24.3 Å². The summed E-state index contributed by atoms with van der Waals surface area (Å²) in [5.74, 6) is 1.34. The van der Waals surface area contributed by atoms with Crippen molar-refractivity contribution >= 4 is 12.1 Å². The number of anilines is 1. The molecule has 3 heteroatoms. The molecule has 1 aromatic carbocycles. The fourth-order valence-electron chi connectivity index (χ4n) is 1.88. The molecule has 0 aliphatic heterocycles. The molecular weight excluding hydrogens is 226 g/mol. The SMILES string of the molecule is CCCCC(CC)COc1ccccc1NC=O. The molecule has 0 aromatic heterocycles. The molecular formula is C15H23NO2. The summed E-state index contributed by atoms with van der Waals surface area (Å²) < 4.78 is 5.82. The van der Waals surface area contributed by atoms with Crippen LogP contribution < -0.4 is 10.1 Å². The van der Waals surface area contributed by atoms with Crippen molar-refractivity contribution in [3.05, 3.63) is 24.3 Å². The number of para-hydroxylation sites is 2. The lowest BCUT2D eigenvalue weighted by Crippen LogP contribution is -2.12. The Morgan fingerprint density at radius 1 is 1.33 bits per heavy atom. The van der Waals surface area contributed by atoms with Crippen molar-refractivity contribution in [3.63, 3.8) is 0 Å². The molecule has 0 spiro atoms. The van der Waals surface area contributed by atoms with E-state index in [0.29, 0.717) is 18.9 Å². The number of hydrogen-bond donors (Lipinski definition) is 1. The fourth-order valence-corrected chi connectivity index (χ4v) is 1.88. The molecule has 1 atom stereocenters. The van der Waals surface area contributed by atoms with Crippen LogP contribution in [-0.4, -0.2) is 13.0 Å². The average Bonchev–Trinajstić information content (AvgIpc) is 2.41. The minimum atomic E-state index is 0.592. The number of hydrogen-bond acceptors (Lipinski definition) is 2. The lowest BCUT2D eigenvalue weighted by atomic mass is 10.0. The highest BCUT2D eigenvalue weighted by atomic mass is 16.5. The number of carbonyl (C=O) groups excluding carboxylic acids is 1. The van der Waals surface area contributed by atoms with Crippen LogP contribution in [0, 0.1) is 5.92 Å². The molecule has 1 unspecified atom stereocenters. The highest BCUT2D eigenvalue weighted by molar-refractivity contribution is 5.75. The highest BCUT2D eigenvalue weighted by Crippen LogP contribution is 2.24. The molecule has 1 aromatic rings. The van der Waals surface area contributed by atoms with Gasteiger partial charge in [0.05, 0.1) is 12.3 Å². The van der Waals surface area contributed by atoms with Gasteiger partial charge in [-0.1, -0.05) is 45.2 Å². The Hall–Kier alpha value is -1.51. The molecule has 0 radical (unpaired) electrons. The van der Waals surface area contributed by atoms with Gasteiger partial charge >= 0.3 is 0 Å². The Morgan fingerprint density at radius 2 is 2.11 bits per heavy atom. The van der Waals surface area contributed by atoms with Gasteiger partial charge in [-0.15, -0.1) is 0 Å². The van der Waals surface area contributed by atoms with Gasteiger partial charge < -0.3 is 10.1 Å². The van der Waals surface area contributed by atoms with Crippen LogP contribution >= 0.6 is 0 Å². The maximum absolute atomic E-state index is 10.5. The van der Waals surface area contributed by atoms with Gasteiger partial charge in [-0.3, -0.25) is 4.79 Å². The van der Waals surface area contributed by atoms with E-state index in [-0.39, 0.29) is 0 Å². The number of ether oxygens (including phenoxy) is 1. The second-order valence-corrected chi connectivity index (χ2v) is 4.49. The van der Waals surface area contributed by atoms with Crippen LogP contribution in [0.4, 0.5) is 5.69 Å². The Balaban J connectivity index is 2.52. The van der Waals surface area contributed by atoms with Crippen molar-refractivity contribution in [1.29, 1.82) is 0 Å². The number of nitrogens with one attached hydrogen (secondary N) is 1. The third kappa shape index (κ3) is 4.78. The summed E-state index contributed by atoms with van der Waals surface area (Å²) in [6, 6.07) is 7.53. The zero-order chi connectivity index (χ0) is 13.2. The molecule has 1 amide bonds. The highest BCUT2D eigenvalue weighted by Gasteiger charge is 2.08. The lowest BCUT2D eigenvalue weighted by molar-refractivity contribution is -0.105. The molecule has 18 heavy (non-hydrogen) atoms. The summed E-state index contributed by atoms with van der Waals surface area (Å²) in [5, 5.41) is 2.66. The van der Waals surface area contributed by atoms with E-state index in [1.807, 2.05) is 24.3 Å². The summed E-state index contributed by atoms with van der Waals surface area (Å²) in [6.07, 6.45) is 5.48. The number of carbonyl (C=O) groups is 1. The van der Waals surface area contributed by atoms with Crippen molar-refractivity contribution < 1.29 is 9.53 Å². The van der Waals surface area contributed by atoms with E-state index in [9.17, 15) is 4.79 Å². The maximum atomic E-state index is 10.5. The Bertz CT molecular complexity index is 352. The number of amides is 1.